The van der Waals surface area contributed by atoms with E-state index in [-0.39, 0.29) is 23.8 Å². The third-order valence-electron chi connectivity index (χ3n) is 4.26. The number of methoxy groups -OCH3 is 1. The Kier molecular flexibility index (Phi) is 7.86. The first-order valence-electron chi connectivity index (χ1n) is 8.59. The molecule has 0 heterocycles. The highest BCUT2D eigenvalue weighted by molar-refractivity contribution is 6.35. The molecule has 7 heteroatoms. The molecule has 2 aromatic carbocycles. The first-order chi connectivity index (χ1) is 13.4. The van der Waals surface area contributed by atoms with Crippen LogP contribution in [0.2, 0.25) is 10.0 Å². The minimum atomic E-state index is -1.18. The van der Waals surface area contributed by atoms with Crippen molar-refractivity contribution in [3.63, 3.8) is 0 Å². The van der Waals surface area contributed by atoms with Gasteiger partial charge >= 0.3 is 5.97 Å². The van der Waals surface area contributed by atoms with E-state index in [9.17, 15) is 14.9 Å². The summed E-state index contributed by atoms with van der Waals surface area (Å²) in [6, 6.07) is 13.3. The van der Waals surface area contributed by atoms with Crippen molar-refractivity contribution in [2.75, 3.05) is 13.7 Å². The van der Waals surface area contributed by atoms with E-state index in [0.29, 0.717) is 21.9 Å². The fraction of sp³-hybridized carbons (Fsp3) is 0.286. The molecule has 0 fully saturated rings. The Hall–Kier alpha value is -2.55. The van der Waals surface area contributed by atoms with Crippen molar-refractivity contribution in [3.05, 3.63) is 63.6 Å². The summed E-state index contributed by atoms with van der Waals surface area (Å²) < 4.78 is 10.1. The van der Waals surface area contributed by atoms with Gasteiger partial charge < -0.3 is 9.47 Å². The molecular weight excluding hydrogens is 401 g/mol. The second-order valence-corrected chi connectivity index (χ2v) is 6.83. The van der Waals surface area contributed by atoms with Gasteiger partial charge in [-0.3, -0.25) is 9.59 Å². The van der Waals surface area contributed by atoms with Gasteiger partial charge in [0.05, 0.1) is 19.8 Å². The number of hydrogen-bond acceptors (Lipinski definition) is 5. The number of carbonyl (C=O) groups excluding carboxylic acids is 2. The van der Waals surface area contributed by atoms with E-state index in [4.69, 9.17) is 32.7 Å². The van der Waals surface area contributed by atoms with Gasteiger partial charge in [-0.05, 0) is 48.9 Å². The Balaban J connectivity index is 2.40. The minimum absolute atomic E-state index is 0.0925. The van der Waals surface area contributed by atoms with E-state index < -0.39 is 17.8 Å². The SMILES string of the molecule is CCOC(=O)C(C#N)C(CC(=O)c1ccc(OC)cc1)c1ccc(Cl)cc1Cl. The number of nitrogens with zero attached hydrogens (tertiary/aromatic N) is 1. The van der Waals surface area contributed by atoms with E-state index >= 15 is 0 Å². The number of nitriles is 1. The van der Waals surface area contributed by atoms with Crippen molar-refractivity contribution in [1.29, 1.82) is 5.26 Å². The van der Waals surface area contributed by atoms with Crippen LogP contribution in [0.15, 0.2) is 42.5 Å². The monoisotopic (exact) mass is 419 g/mol. The predicted molar refractivity (Wildman–Crippen MR) is 107 cm³/mol. The van der Waals surface area contributed by atoms with Gasteiger partial charge in [0.25, 0.3) is 0 Å². The number of carbonyl (C=O) groups is 2. The standard InChI is InChI=1S/C21H19Cl2NO4/c1-3-28-21(26)18(12-24)17(16-9-6-14(22)10-19(16)23)11-20(25)13-4-7-15(27-2)8-5-13/h4-10,17-18H,3,11H2,1-2H3. The van der Waals surface area contributed by atoms with Crippen molar-refractivity contribution in [1.82, 2.24) is 0 Å². The van der Waals surface area contributed by atoms with Crippen LogP contribution < -0.4 is 4.74 Å². The van der Waals surface area contributed by atoms with E-state index in [2.05, 4.69) is 0 Å². The van der Waals surface area contributed by atoms with Gasteiger partial charge in [0.15, 0.2) is 11.7 Å². The molecular formula is C21H19Cl2NO4. The zero-order chi connectivity index (χ0) is 20.7. The van der Waals surface area contributed by atoms with E-state index in [0.717, 1.165) is 0 Å². The van der Waals surface area contributed by atoms with Crippen LogP contribution in [0.5, 0.6) is 5.75 Å². The second-order valence-electron chi connectivity index (χ2n) is 5.99. The minimum Gasteiger partial charge on any atom is -0.497 e. The summed E-state index contributed by atoms with van der Waals surface area (Å²) in [6.45, 7) is 1.78. The van der Waals surface area contributed by atoms with Crippen LogP contribution >= 0.6 is 23.2 Å². The van der Waals surface area contributed by atoms with Gasteiger partial charge in [-0.15, -0.1) is 0 Å². The Morgan fingerprint density at radius 3 is 2.36 bits per heavy atom. The van der Waals surface area contributed by atoms with Crippen LogP contribution in [-0.2, 0) is 9.53 Å². The number of ether oxygens (including phenoxy) is 2. The molecule has 2 rings (SSSR count). The van der Waals surface area contributed by atoms with E-state index in [1.54, 1.807) is 43.3 Å². The summed E-state index contributed by atoms with van der Waals surface area (Å²) in [7, 11) is 1.53. The predicted octanol–water partition coefficient (Wildman–Crippen LogP) is 5.06. The van der Waals surface area contributed by atoms with Crippen molar-refractivity contribution < 1.29 is 19.1 Å². The van der Waals surface area contributed by atoms with Gasteiger partial charge in [0, 0.05) is 27.9 Å². The zero-order valence-electron chi connectivity index (χ0n) is 15.4. The molecule has 2 atom stereocenters. The Morgan fingerprint density at radius 2 is 1.82 bits per heavy atom. The normalized spacial score (nSPS) is 12.5. The van der Waals surface area contributed by atoms with Crippen molar-refractivity contribution in [3.8, 4) is 11.8 Å². The average Bonchev–Trinajstić information content (AvgIpc) is 2.68. The molecule has 5 nitrogen and oxygen atoms in total. The lowest BCUT2D eigenvalue weighted by molar-refractivity contribution is -0.146. The molecule has 0 aliphatic rings. The largest absolute Gasteiger partial charge is 0.497 e. The molecule has 0 radical (unpaired) electrons. The smallest absolute Gasteiger partial charge is 0.323 e. The maximum Gasteiger partial charge on any atom is 0.323 e. The first kappa shape index (κ1) is 21.7. The number of ketones is 1. The second kappa shape index (κ2) is 10.1. The molecule has 2 unspecified atom stereocenters. The summed E-state index contributed by atoms with van der Waals surface area (Å²) in [5.41, 5.74) is 0.934. The summed E-state index contributed by atoms with van der Waals surface area (Å²) in [5, 5.41) is 10.3. The van der Waals surface area contributed by atoms with E-state index in [1.165, 1.54) is 13.2 Å². The van der Waals surface area contributed by atoms with Crippen molar-refractivity contribution in [2.45, 2.75) is 19.3 Å². The van der Waals surface area contributed by atoms with Crippen LogP contribution in [0.25, 0.3) is 0 Å². The number of hydrogen-bond donors (Lipinski definition) is 0. The average molecular weight is 420 g/mol. The molecule has 0 amide bonds. The number of benzene rings is 2. The summed E-state index contributed by atoms with van der Waals surface area (Å²) in [4.78, 5) is 25.2. The molecule has 0 saturated carbocycles. The number of esters is 1. The van der Waals surface area contributed by atoms with Crippen LogP contribution in [0.1, 0.15) is 35.2 Å². The first-order valence-corrected chi connectivity index (χ1v) is 9.35. The summed E-state index contributed by atoms with van der Waals surface area (Å²) in [6.07, 6.45) is -0.0925. The van der Waals surface area contributed by atoms with Gasteiger partial charge in [0.1, 0.15) is 5.75 Å². The lowest BCUT2D eigenvalue weighted by Gasteiger charge is -2.22. The molecule has 0 bridgehead atoms. The summed E-state index contributed by atoms with van der Waals surface area (Å²) >= 11 is 12.3. The van der Waals surface area contributed by atoms with E-state index in [1.807, 2.05) is 6.07 Å². The molecule has 0 spiro atoms. The lowest BCUT2D eigenvalue weighted by atomic mass is 9.82. The number of Topliss-reactive ketones (excluding diaryl/α,β-unsaturated/α-hetero) is 1. The lowest BCUT2D eigenvalue weighted by Crippen LogP contribution is -2.25. The van der Waals surface area contributed by atoms with Gasteiger partial charge in [-0.1, -0.05) is 29.3 Å². The molecule has 2 aromatic rings. The highest BCUT2D eigenvalue weighted by Gasteiger charge is 2.34. The fourth-order valence-electron chi connectivity index (χ4n) is 2.84. The number of halogens is 2. The molecule has 0 N–H and O–H groups in total. The summed E-state index contributed by atoms with van der Waals surface area (Å²) in [5.74, 6) is -2.26. The van der Waals surface area contributed by atoms with Gasteiger partial charge in [-0.25, -0.2) is 0 Å². The van der Waals surface area contributed by atoms with Crippen molar-refractivity contribution >= 4 is 35.0 Å². The van der Waals surface area contributed by atoms with Gasteiger partial charge in [0.2, 0.25) is 0 Å². The maximum atomic E-state index is 12.8. The van der Waals surface area contributed by atoms with Crippen LogP contribution in [0.4, 0.5) is 0 Å². The molecule has 0 aliphatic carbocycles. The molecule has 28 heavy (non-hydrogen) atoms. The molecule has 0 aliphatic heterocycles. The van der Waals surface area contributed by atoms with Crippen LogP contribution in [0, 0.1) is 17.2 Å². The van der Waals surface area contributed by atoms with Crippen LogP contribution in [-0.4, -0.2) is 25.5 Å². The molecule has 0 saturated heterocycles. The number of rotatable bonds is 8. The Labute approximate surface area is 173 Å². The third-order valence-corrected chi connectivity index (χ3v) is 4.82. The fourth-order valence-corrected chi connectivity index (χ4v) is 3.39. The quantitative estimate of drug-likeness (QED) is 0.441. The highest BCUT2D eigenvalue weighted by atomic mass is 35.5. The Bertz CT molecular complexity index is 890. The Morgan fingerprint density at radius 1 is 1.14 bits per heavy atom. The maximum absolute atomic E-state index is 12.8. The third kappa shape index (κ3) is 5.25. The van der Waals surface area contributed by atoms with Crippen LogP contribution in [0.3, 0.4) is 0 Å². The van der Waals surface area contributed by atoms with Crippen molar-refractivity contribution in [2.24, 2.45) is 5.92 Å². The molecule has 0 aromatic heterocycles. The van der Waals surface area contributed by atoms with Gasteiger partial charge in [-0.2, -0.15) is 5.26 Å². The topological polar surface area (TPSA) is 76.4 Å². The zero-order valence-corrected chi connectivity index (χ0v) is 17.0. The molecule has 146 valence electrons. The highest BCUT2D eigenvalue weighted by Crippen LogP contribution is 2.36.